The van der Waals surface area contributed by atoms with Crippen molar-refractivity contribution in [2.75, 3.05) is 13.2 Å². The van der Waals surface area contributed by atoms with E-state index in [-0.39, 0.29) is 24.9 Å². The normalized spacial score (nSPS) is 11.7. The number of hydrogen-bond donors (Lipinski definition) is 1. The molecule has 2 aromatic rings. The third-order valence-corrected chi connectivity index (χ3v) is 5.02. The summed E-state index contributed by atoms with van der Waals surface area (Å²) in [5.74, 6) is -1.01. The summed E-state index contributed by atoms with van der Waals surface area (Å²) < 4.78 is 23.0. The molecule has 0 aliphatic rings. The number of pyridine rings is 1. The smallest absolute Gasteiger partial charge is 0.336 e. The van der Waals surface area contributed by atoms with E-state index < -0.39 is 13.6 Å². The molecular weight excluding hydrogens is 305 g/mol. The lowest BCUT2D eigenvalue weighted by atomic mass is 10.1. The van der Waals surface area contributed by atoms with Crippen LogP contribution in [0.5, 0.6) is 0 Å². The van der Waals surface area contributed by atoms with Crippen LogP contribution in [0, 0.1) is 0 Å². The van der Waals surface area contributed by atoms with E-state index in [2.05, 4.69) is 4.98 Å². The summed E-state index contributed by atoms with van der Waals surface area (Å²) in [7, 11) is -3.23. The Morgan fingerprint density at radius 1 is 1.18 bits per heavy atom. The van der Waals surface area contributed by atoms with Gasteiger partial charge in [-0.3, -0.25) is 9.55 Å². The average Bonchev–Trinajstić information content (AvgIpc) is 2.46. The summed E-state index contributed by atoms with van der Waals surface area (Å²) in [5.41, 5.74) is 1.24. The highest BCUT2D eigenvalue weighted by atomic mass is 31.2. The largest absolute Gasteiger partial charge is 0.478 e. The fourth-order valence-electron chi connectivity index (χ4n) is 2.10. The quantitative estimate of drug-likeness (QED) is 0.782. The first kappa shape index (κ1) is 16.6. The molecule has 0 atom stereocenters. The number of carboxylic acids is 1. The zero-order valence-electron chi connectivity index (χ0n) is 12.5. The fraction of sp³-hybridized carbons (Fsp3) is 0.333. The monoisotopic (exact) mass is 323 g/mol. The van der Waals surface area contributed by atoms with E-state index in [0.29, 0.717) is 11.2 Å². The maximum Gasteiger partial charge on any atom is 0.336 e. The van der Waals surface area contributed by atoms with Gasteiger partial charge in [0.1, 0.15) is 0 Å². The first-order chi connectivity index (χ1) is 10.5. The van der Waals surface area contributed by atoms with Gasteiger partial charge in [0.15, 0.2) is 0 Å². The maximum atomic E-state index is 12.5. The van der Waals surface area contributed by atoms with E-state index in [1.165, 1.54) is 12.1 Å². The van der Waals surface area contributed by atoms with E-state index in [0.717, 1.165) is 5.39 Å². The number of carboxylic acid groups (broad SMARTS) is 1. The van der Waals surface area contributed by atoms with Gasteiger partial charge in [0.2, 0.25) is 0 Å². The van der Waals surface area contributed by atoms with E-state index >= 15 is 0 Å². The van der Waals surface area contributed by atoms with Crippen LogP contribution in [0.1, 0.15) is 29.9 Å². The van der Waals surface area contributed by atoms with Crippen molar-refractivity contribution < 1.29 is 23.5 Å². The van der Waals surface area contributed by atoms with Crippen LogP contribution in [0.2, 0.25) is 0 Å². The number of fused-ring (bicyclic) bond motifs is 1. The van der Waals surface area contributed by atoms with Gasteiger partial charge < -0.3 is 14.2 Å². The van der Waals surface area contributed by atoms with Crippen molar-refractivity contribution in [1.29, 1.82) is 0 Å². The van der Waals surface area contributed by atoms with Crippen LogP contribution in [-0.2, 0) is 19.8 Å². The summed E-state index contributed by atoms with van der Waals surface area (Å²) in [6, 6.07) is 8.27. The lowest BCUT2D eigenvalue weighted by molar-refractivity contribution is 0.0697. The van der Waals surface area contributed by atoms with Crippen LogP contribution < -0.4 is 0 Å². The van der Waals surface area contributed by atoms with Crippen LogP contribution >= 0.6 is 7.60 Å². The first-order valence-electron chi connectivity index (χ1n) is 6.98. The van der Waals surface area contributed by atoms with Crippen LogP contribution in [-0.4, -0.2) is 29.3 Å². The minimum atomic E-state index is -3.23. The summed E-state index contributed by atoms with van der Waals surface area (Å²) in [6.45, 7) is 4.07. The Kier molecular flexibility index (Phi) is 5.29. The first-order valence-corrected chi connectivity index (χ1v) is 8.71. The van der Waals surface area contributed by atoms with E-state index in [1.54, 1.807) is 26.0 Å². The Bertz CT molecular complexity index is 721. The predicted molar refractivity (Wildman–Crippen MR) is 83.3 cm³/mol. The minimum absolute atomic E-state index is 0.0575. The van der Waals surface area contributed by atoms with E-state index in [9.17, 15) is 9.36 Å². The second kappa shape index (κ2) is 7.01. The molecule has 1 heterocycles. The molecule has 0 unspecified atom stereocenters. The second-order valence-electron chi connectivity index (χ2n) is 4.62. The van der Waals surface area contributed by atoms with Gasteiger partial charge in [-0.25, -0.2) is 4.79 Å². The van der Waals surface area contributed by atoms with Gasteiger partial charge in [-0.05, 0) is 32.0 Å². The molecular formula is C15H18NO5P. The van der Waals surface area contributed by atoms with Crippen LogP contribution in [0.25, 0.3) is 10.9 Å². The Balaban J connectivity index is 2.35. The van der Waals surface area contributed by atoms with Crippen molar-refractivity contribution in [2.45, 2.75) is 20.0 Å². The van der Waals surface area contributed by atoms with Gasteiger partial charge >= 0.3 is 13.6 Å². The van der Waals surface area contributed by atoms with Crippen molar-refractivity contribution >= 4 is 24.5 Å². The third kappa shape index (κ3) is 3.91. The number of aromatic nitrogens is 1. The van der Waals surface area contributed by atoms with Gasteiger partial charge in [-0.2, -0.15) is 0 Å². The van der Waals surface area contributed by atoms with Crippen molar-refractivity contribution in [3.05, 3.63) is 41.6 Å². The SMILES string of the molecule is CCOP(=O)(Cc1ccc2ccc(C(=O)O)cc2n1)OCC. The van der Waals surface area contributed by atoms with Gasteiger partial charge in [0, 0.05) is 5.39 Å². The predicted octanol–water partition coefficient (Wildman–Crippen LogP) is 3.70. The van der Waals surface area contributed by atoms with Gasteiger partial charge in [0.25, 0.3) is 0 Å². The Morgan fingerprint density at radius 2 is 1.82 bits per heavy atom. The van der Waals surface area contributed by atoms with Crippen molar-refractivity contribution in [3.63, 3.8) is 0 Å². The number of benzene rings is 1. The summed E-state index contributed by atoms with van der Waals surface area (Å²) in [4.78, 5) is 15.4. The molecule has 0 aliphatic carbocycles. The molecule has 7 heteroatoms. The summed E-state index contributed by atoms with van der Waals surface area (Å²) in [6.07, 6.45) is 0.0575. The molecule has 22 heavy (non-hydrogen) atoms. The third-order valence-electron chi connectivity index (χ3n) is 3.00. The van der Waals surface area contributed by atoms with Crippen molar-refractivity contribution in [3.8, 4) is 0 Å². The van der Waals surface area contributed by atoms with Gasteiger partial charge in [0.05, 0.1) is 36.1 Å². The molecule has 0 saturated heterocycles. The standard InChI is InChI=1S/C15H18NO5P/c1-3-20-22(19,21-4-2)10-13-8-7-11-5-6-12(15(17)18)9-14(11)16-13/h5-9H,3-4,10H2,1-2H3,(H,17,18). The number of hydrogen-bond acceptors (Lipinski definition) is 5. The number of aromatic carboxylic acids is 1. The molecule has 6 nitrogen and oxygen atoms in total. The maximum absolute atomic E-state index is 12.5. The zero-order valence-corrected chi connectivity index (χ0v) is 13.4. The Labute approximate surface area is 128 Å². The molecule has 118 valence electrons. The van der Waals surface area contributed by atoms with E-state index in [1.807, 2.05) is 6.07 Å². The van der Waals surface area contributed by atoms with Crippen LogP contribution in [0.3, 0.4) is 0 Å². The van der Waals surface area contributed by atoms with Gasteiger partial charge in [-0.15, -0.1) is 0 Å². The highest BCUT2D eigenvalue weighted by Gasteiger charge is 2.24. The Morgan fingerprint density at radius 3 is 2.41 bits per heavy atom. The Hall–Kier alpha value is -1.75. The second-order valence-corrected chi connectivity index (χ2v) is 6.67. The topological polar surface area (TPSA) is 85.7 Å². The molecule has 0 amide bonds. The van der Waals surface area contributed by atoms with Crippen LogP contribution in [0.4, 0.5) is 0 Å². The molecule has 0 fully saturated rings. The van der Waals surface area contributed by atoms with Crippen LogP contribution in [0.15, 0.2) is 30.3 Å². The van der Waals surface area contributed by atoms with Gasteiger partial charge in [-0.1, -0.05) is 12.1 Å². The highest BCUT2D eigenvalue weighted by Crippen LogP contribution is 2.51. The summed E-state index contributed by atoms with van der Waals surface area (Å²) in [5, 5.41) is 9.84. The average molecular weight is 323 g/mol. The molecule has 1 aromatic heterocycles. The molecule has 1 N–H and O–H groups in total. The zero-order chi connectivity index (χ0) is 16.2. The number of nitrogens with zero attached hydrogens (tertiary/aromatic N) is 1. The minimum Gasteiger partial charge on any atom is -0.478 e. The molecule has 0 radical (unpaired) electrons. The molecule has 0 bridgehead atoms. The number of carbonyl (C=O) groups is 1. The molecule has 0 saturated carbocycles. The van der Waals surface area contributed by atoms with E-state index in [4.69, 9.17) is 14.2 Å². The lowest BCUT2D eigenvalue weighted by Crippen LogP contribution is -2.01. The fourth-order valence-corrected chi connectivity index (χ4v) is 3.72. The molecule has 0 aliphatic heterocycles. The molecule has 0 spiro atoms. The van der Waals surface area contributed by atoms with Crippen molar-refractivity contribution in [1.82, 2.24) is 4.98 Å². The summed E-state index contributed by atoms with van der Waals surface area (Å²) >= 11 is 0. The lowest BCUT2D eigenvalue weighted by Gasteiger charge is -2.16. The number of rotatable bonds is 7. The molecule has 1 aromatic carbocycles. The molecule has 2 rings (SSSR count). The van der Waals surface area contributed by atoms with Crippen molar-refractivity contribution in [2.24, 2.45) is 0 Å². The highest BCUT2D eigenvalue weighted by molar-refractivity contribution is 7.53.